The smallest absolute Gasteiger partial charge is 0.253 e. The van der Waals surface area contributed by atoms with Crippen molar-refractivity contribution >= 4 is 28.5 Å². The SMILES string of the molecule is CN(C(=O)c1cccc(I)c1)C1CCCC1CN. The van der Waals surface area contributed by atoms with Crippen molar-refractivity contribution in [1.29, 1.82) is 0 Å². The van der Waals surface area contributed by atoms with Crippen molar-refractivity contribution in [1.82, 2.24) is 4.90 Å². The van der Waals surface area contributed by atoms with Crippen LogP contribution in [0.2, 0.25) is 0 Å². The van der Waals surface area contributed by atoms with E-state index in [4.69, 9.17) is 5.73 Å². The highest BCUT2D eigenvalue weighted by Crippen LogP contribution is 2.29. The molecule has 2 rings (SSSR count). The molecule has 0 spiro atoms. The Bertz CT molecular complexity index is 436. The first-order valence-corrected chi connectivity index (χ1v) is 7.44. The normalized spacial score (nSPS) is 23.1. The van der Waals surface area contributed by atoms with Gasteiger partial charge < -0.3 is 10.6 Å². The first kappa shape index (κ1) is 13.8. The number of carbonyl (C=O) groups is 1. The van der Waals surface area contributed by atoms with E-state index in [2.05, 4.69) is 22.6 Å². The predicted octanol–water partition coefficient (Wildman–Crippen LogP) is 2.49. The lowest BCUT2D eigenvalue weighted by Gasteiger charge is -2.29. The average Bonchev–Trinajstić information content (AvgIpc) is 2.85. The van der Waals surface area contributed by atoms with Gasteiger partial charge in [0.25, 0.3) is 5.91 Å². The molecule has 1 aromatic carbocycles. The Morgan fingerprint density at radius 2 is 2.28 bits per heavy atom. The molecule has 4 heteroatoms. The molecule has 0 bridgehead atoms. The van der Waals surface area contributed by atoms with E-state index >= 15 is 0 Å². The van der Waals surface area contributed by atoms with Gasteiger partial charge in [-0.1, -0.05) is 12.5 Å². The van der Waals surface area contributed by atoms with Crippen molar-refractivity contribution in [2.24, 2.45) is 11.7 Å². The van der Waals surface area contributed by atoms with E-state index in [1.165, 1.54) is 6.42 Å². The van der Waals surface area contributed by atoms with Gasteiger partial charge in [0.1, 0.15) is 0 Å². The van der Waals surface area contributed by atoms with Crippen molar-refractivity contribution in [3.8, 4) is 0 Å². The van der Waals surface area contributed by atoms with Gasteiger partial charge in [0.05, 0.1) is 0 Å². The third-order valence-corrected chi connectivity index (χ3v) is 4.48. The standard InChI is InChI=1S/C14H19IN2O/c1-17(13-7-3-5-11(13)9-16)14(18)10-4-2-6-12(15)8-10/h2,4,6,8,11,13H,3,5,7,9,16H2,1H3. The van der Waals surface area contributed by atoms with Crippen LogP contribution in [0.5, 0.6) is 0 Å². The van der Waals surface area contributed by atoms with Crippen LogP contribution in [0.1, 0.15) is 29.6 Å². The van der Waals surface area contributed by atoms with Gasteiger partial charge in [0, 0.05) is 22.2 Å². The summed E-state index contributed by atoms with van der Waals surface area (Å²) in [6.45, 7) is 0.675. The zero-order valence-corrected chi connectivity index (χ0v) is 12.8. The number of benzene rings is 1. The van der Waals surface area contributed by atoms with Crippen molar-refractivity contribution in [3.05, 3.63) is 33.4 Å². The van der Waals surface area contributed by atoms with Gasteiger partial charge in [0.15, 0.2) is 0 Å². The molecule has 0 saturated heterocycles. The average molecular weight is 358 g/mol. The fourth-order valence-corrected chi connectivity index (χ4v) is 3.32. The quantitative estimate of drug-likeness (QED) is 0.844. The molecule has 1 amide bonds. The third kappa shape index (κ3) is 2.85. The van der Waals surface area contributed by atoms with Gasteiger partial charge >= 0.3 is 0 Å². The molecule has 1 fully saturated rings. The second-order valence-electron chi connectivity index (χ2n) is 4.92. The maximum absolute atomic E-state index is 12.4. The highest BCUT2D eigenvalue weighted by Gasteiger charge is 2.31. The van der Waals surface area contributed by atoms with Crippen molar-refractivity contribution < 1.29 is 4.79 Å². The summed E-state index contributed by atoms with van der Waals surface area (Å²) in [4.78, 5) is 14.3. The topological polar surface area (TPSA) is 46.3 Å². The summed E-state index contributed by atoms with van der Waals surface area (Å²) in [7, 11) is 1.90. The predicted molar refractivity (Wildman–Crippen MR) is 81.4 cm³/mol. The first-order valence-electron chi connectivity index (χ1n) is 6.36. The summed E-state index contributed by atoms with van der Waals surface area (Å²) < 4.78 is 1.09. The second kappa shape index (κ2) is 6.02. The fourth-order valence-electron chi connectivity index (χ4n) is 2.78. The molecule has 0 aromatic heterocycles. The molecule has 2 unspecified atom stereocenters. The van der Waals surface area contributed by atoms with Crippen LogP contribution < -0.4 is 5.73 Å². The highest BCUT2D eigenvalue weighted by molar-refractivity contribution is 14.1. The minimum Gasteiger partial charge on any atom is -0.338 e. The summed E-state index contributed by atoms with van der Waals surface area (Å²) >= 11 is 2.23. The van der Waals surface area contributed by atoms with Crippen LogP contribution in [0, 0.1) is 9.49 Å². The lowest BCUT2D eigenvalue weighted by molar-refractivity contribution is 0.0700. The number of carbonyl (C=O) groups excluding carboxylic acids is 1. The van der Waals surface area contributed by atoms with E-state index in [-0.39, 0.29) is 5.91 Å². The van der Waals surface area contributed by atoms with Crippen LogP contribution in [0.4, 0.5) is 0 Å². The van der Waals surface area contributed by atoms with Gasteiger partial charge in [-0.2, -0.15) is 0 Å². The molecule has 1 saturated carbocycles. The number of hydrogen-bond donors (Lipinski definition) is 1. The number of rotatable bonds is 3. The molecular formula is C14H19IN2O. The Balaban J connectivity index is 2.13. The molecular weight excluding hydrogens is 339 g/mol. The summed E-state index contributed by atoms with van der Waals surface area (Å²) in [5.74, 6) is 0.570. The van der Waals surface area contributed by atoms with Gasteiger partial charge in [0.2, 0.25) is 0 Å². The molecule has 98 valence electrons. The number of nitrogens with two attached hydrogens (primary N) is 1. The van der Waals surface area contributed by atoms with Crippen LogP contribution >= 0.6 is 22.6 Å². The molecule has 0 radical (unpaired) electrons. The van der Waals surface area contributed by atoms with Crippen molar-refractivity contribution in [2.45, 2.75) is 25.3 Å². The van der Waals surface area contributed by atoms with Crippen LogP contribution in [0.15, 0.2) is 24.3 Å². The fraction of sp³-hybridized carbons (Fsp3) is 0.500. The van der Waals surface area contributed by atoms with Crippen molar-refractivity contribution in [3.63, 3.8) is 0 Å². The Morgan fingerprint density at radius 1 is 1.50 bits per heavy atom. The largest absolute Gasteiger partial charge is 0.338 e. The van der Waals surface area contributed by atoms with Crippen LogP contribution in [-0.4, -0.2) is 30.4 Å². The highest BCUT2D eigenvalue weighted by atomic mass is 127. The van der Waals surface area contributed by atoms with Crippen LogP contribution in [0.25, 0.3) is 0 Å². The molecule has 0 aliphatic heterocycles. The van der Waals surface area contributed by atoms with Gasteiger partial charge in [-0.3, -0.25) is 4.79 Å². The minimum absolute atomic E-state index is 0.110. The first-order chi connectivity index (χ1) is 8.63. The molecule has 1 aromatic rings. The maximum atomic E-state index is 12.4. The number of hydrogen-bond acceptors (Lipinski definition) is 2. The van der Waals surface area contributed by atoms with Gasteiger partial charge in [-0.15, -0.1) is 0 Å². The summed E-state index contributed by atoms with van der Waals surface area (Å²) in [5, 5.41) is 0. The van der Waals surface area contributed by atoms with E-state index in [1.807, 2.05) is 36.2 Å². The Hall–Kier alpha value is -0.620. The minimum atomic E-state index is 0.110. The van der Waals surface area contributed by atoms with Gasteiger partial charge in [-0.25, -0.2) is 0 Å². The second-order valence-corrected chi connectivity index (χ2v) is 6.17. The zero-order valence-electron chi connectivity index (χ0n) is 10.6. The maximum Gasteiger partial charge on any atom is 0.253 e. The Labute approximate surface area is 122 Å². The van der Waals surface area contributed by atoms with E-state index in [0.717, 1.165) is 22.0 Å². The van der Waals surface area contributed by atoms with Crippen LogP contribution in [-0.2, 0) is 0 Å². The molecule has 0 heterocycles. The number of halogens is 1. The lowest BCUT2D eigenvalue weighted by atomic mass is 10.0. The van der Waals surface area contributed by atoms with E-state index in [1.54, 1.807) is 0 Å². The van der Waals surface area contributed by atoms with Crippen LogP contribution in [0.3, 0.4) is 0 Å². The van der Waals surface area contributed by atoms with Crippen molar-refractivity contribution in [2.75, 3.05) is 13.6 Å². The van der Waals surface area contributed by atoms with E-state index in [9.17, 15) is 4.79 Å². The molecule has 3 nitrogen and oxygen atoms in total. The third-order valence-electron chi connectivity index (χ3n) is 3.81. The summed E-state index contributed by atoms with van der Waals surface area (Å²) in [6, 6.07) is 8.05. The molecule has 2 atom stereocenters. The molecule has 1 aliphatic rings. The number of nitrogens with zero attached hydrogens (tertiary/aromatic N) is 1. The summed E-state index contributed by atoms with van der Waals surface area (Å²) in [5.41, 5.74) is 6.56. The van der Waals surface area contributed by atoms with Gasteiger partial charge in [-0.05, 0) is 66.1 Å². The monoisotopic (exact) mass is 358 g/mol. The molecule has 1 aliphatic carbocycles. The van der Waals surface area contributed by atoms with E-state index < -0.39 is 0 Å². The molecule has 18 heavy (non-hydrogen) atoms. The lowest BCUT2D eigenvalue weighted by Crippen LogP contribution is -2.41. The molecule has 2 N–H and O–H groups in total. The Kier molecular flexibility index (Phi) is 4.61. The van der Waals surface area contributed by atoms with E-state index in [0.29, 0.717) is 18.5 Å². The number of amides is 1. The zero-order chi connectivity index (χ0) is 13.1. The summed E-state index contributed by atoms with van der Waals surface area (Å²) in [6.07, 6.45) is 3.40. The Morgan fingerprint density at radius 3 is 2.94 bits per heavy atom.